The van der Waals surface area contributed by atoms with Gasteiger partial charge in [-0.3, -0.25) is 0 Å². The molecule has 1 atom stereocenters. The third-order valence-corrected chi connectivity index (χ3v) is 4.13. The smallest absolute Gasteiger partial charge is 0.327 e. The first-order chi connectivity index (χ1) is 8.64. The number of methoxy groups -OCH3 is 1. The summed E-state index contributed by atoms with van der Waals surface area (Å²) in [6, 6.07) is 1.65. The first-order valence-corrected chi connectivity index (χ1v) is 6.51. The Balaban J connectivity index is 3.49. The quantitative estimate of drug-likeness (QED) is 0.524. The van der Waals surface area contributed by atoms with Crippen LogP contribution < -0.4 is 4.74 Å². The summed E-state index contributed by atoms with van der Waals surface area (Å²) in [6.45, 7) is 3.13. The van der Waals surface area contributed by atoms with Gasteiger partial charge >= 0.3 is 12.3 Å². The van der Waals surface area contributed by atoms with E-state index < -0.39 is 17.7 Å². The molecule has 1 unspecified atom stereocenters. The Morgan fingerprint density at radius 3 is 2.26 bits per heavy atom. The number of ether oxygens (including phenoxy) is 1. The van der Waals surface area contributed by atoms with Gasteiger partial charge in [-0.25, -0.2) is 8.78 Å². The van der Waals surface area contributed by atoms with Crippen molar-refractivity contribution in [2.24, 2.45) is 0 Å². The molecule has 0 saturated carbocycles. The summed E-state index contributed by atoms with van der Waals surface area (Å²) in [5.74, 6) is -4.24. The zero-order chi connectivity index (χ0) is 15.0. The molecular weight excluding hydrogens is 351 g/mol. The minimum atomic E-state index is -4.34. The van der Waals surface area contributed by atoms with Crippen LogP contribution in [0.3, 0.4) is 0 Å². The van der Waals surface area contributed by atoms with Gasteiger partial charge in [0.2, 0.25) is 0 Å². The van der Waals surface area contributed by atoms with E-state index in [0.717, 1.165) is 0 Å². The molecule has 7 heteroatoms. The van der Waals surface area contributed by atoms with Crippen molar-refractivity contribution in [1.82, 2.24) is 0 Å². The third-order valence-electron chi connectivity index (χ3n) is 2.79. The zero-order valence-corrected chi connectivity index (χ0v) is 12.8. The molecule has 108 valence electrons. The number of hydrogen-bond donors (Lipinski definition) is 0. The molecule has 0 N–H and O–H groups in total. The fourth-order valence-corrected chi connectivity index (χ4v) is 2.67. The number of halogens is 6. The molecule has 1 nitrogen and oxygen atoms in total. The molecule has 0 aliphatic rings. The van der Waals surface area contributed by atoms with Crippen LogP contribution in [0.2, 0.25) is 0 Å². The molecule has 0 aliphatic carbocycles. The number of hydrogen-bond acceptors (Lipinski definition) is 1. The van der Waals surface area contributed by atoms with Crippen LogP contribution in [0.1, 0.15) is 22.1 Å². The molecule has 0 aliphatic heterocycles. The largest absolute Gasteiger partial charge is 0.496 e. The summed E-state index contributed by atoms with van der Waals surface area (Å²) in [4.78, 5) is 0. The van der Waals surface area contributed by atoms with Crippen LogP contribution in [0.15, 0.2) is 10.5 Å². The van der Waals surface area contributed by atoms with Crippen LogP contribution in [-0.2, 0) is 0 Å². The summed E-state index contributed by atoms with van der Waals surface area (Å²) in [6.07, 6.45) is -3.85. The highest BCUT2D eigenvalue weighted by Gasteiger charge is 2.50. The van der Waals surface area contributed by atoms with Crippen molar-refractivity contribution in [3.8, 4) is 5.75 Å². The normalized spacial score (nSPS) is 13.8. The minimum Gasteiger partial charge on any atom is -0.496 e. The molecule has 0 aromatic heterocycles. The molecule has 0 spiro atoms. The molecular formula is C12H12BrClF4O. The summed E-state index contributed by atoms with van der Waals surface area (Å²) >= 11 is 8.78. The summed E-state index contributed by atoms with van der Waals surface area (Å²) in [5.41, 5.74) is 0.759. The molecule has 19 heavy (non-hydrogen) atoms. The van der Waals surface area contributed by atoms with Gasteiger partial charge in [-0.1, -0.05) is 15.9 Å². The van der Waals surface area contributed by atoms with Gasteiger partial charge < -0.3 is 4.74 Å². The number of benzene rings is 1. The first kappa shape index (κ1) is 16.6. The molecule has 1 rings (SSSR count). The number of rotatable bonds is 4. The lowest BCUT2D eigenvalue weighted by molar-refractivity contribution is -0.130. The van der Waals surface area contributed by atoms with Gasteiger partial charge in [0.05, 0.1) is 7.11 Å². The monoisotopic (exact) mass is 362 g/mol. The molecule has 0 bridgehead atoms. The zero-order valence-electron chi connectivity index (χ0n) is 10.4. The van der Waals surface area contributed by atoms with Crippen molar-refractivity contribution < 1.29 is 22.3 Å². The lowest BCUT2D eigenvalue weighted by Gasteiger charge is -2.25. The molecule has 0 fully saturated rings. The predicted octanol–water partition coefficient (Wildman–Crippen LogP) is 5.25. The van der Waals surface area contributed by atoms with E-state index in [9.17, 15) is 17.6 Å². The minimum absolute atomic E-state index is 0.0982. The Morgan fingerprint density at radius 1 is 1.32 bits per heavy atom. The summed E-state index contributed by atoms with van der Waals surface area (Å²) in [5, 5.41) is -2.17. The highest BCUT2D eigenvalue weighted by molar-refractivity contribution is 9.10. The first-order valence-electron chi connectivity index (χ1n) is 5.28. The average Bonchev–Trinajstić information content (AvgIpc) is 2.32. The Morgan fingerprint density at radius 2 is 1.84 bits per heavy atom. The van der Waals surface area contributed by atoms with E-state index in [2.05, 4.69) is 15.9 Å². The number of alkyl halides is 5. The second-order valence-electron chi connectivity index (χ2n) is 4.08. The Kier molecular flexibility index (Phi) is 5.12. The van der Waals surface area contributed by atoms with Crippen LogP contribution in [-0.4, -0.2) is 19.5 Å². The second kappa shape index (κ2) is 5.87. The highest BCUT2D eigenvalue weighted by atomic mass is 79.9. The lowest BCUT2D eigenvalue weighted by atomic mass is 9.97. The lowest BCUT2D eigenvalue weighted by Crippen LogP contribution is -2.32. The Hall–Kier alpha value is -0.490. The van der Waals surface area contributed by atoms with Gasteiger partial charge in [0.1, 0.15) is 11.1 Å². The van der Waals surface area contributed by atoms with E-state index in [1.165, 1.54) is 14.0 Å². The summed E-state index contributed by atoms with van der Waals surface area (Å²) in [7, 11) is 1.28. The van der Waals surface area contributed by atoms with E-state index in [1.54, 1.807) is 13.0 Å². The van der Waals surface area contributed by atoms with Gasteiger partial charge in [-0.2, -0.15) is 8.78 Å². The SMILES string of the molecule is COc1c(C)cc(Br)c(C)c1C(Cl)C(F)(F)C(F)F. The van der Waals surface area contributed by atoms with E-state index in [1.807, 2.05) is 0 Å². The van der Waals surface area contributed by atoms with Crippen LogP contribution in [0.25, 0.3) is 0 Å². The topological polar surface area (TPSA) is 9.23 Å². The fourth-order valence-electron chi connectivity index (χ4n) is 1.75. The standard InChI is InChI=1S/C12H12BrClF4O/c1-5-4-7(13)6(2)8(9(5)19-3)10(14)12(17,18)11(15)16/h4,10-11H,1-3H3. The van der Waals surface area contributed by atoms with Gasteiger partial charge in [0, 0.05) is 10.0 Å². The van der Waals surface area contributed by atoms with Gasteiger partial charge in [-0.05, 0) is 31.0 Å². The van der Waals surface area contributed by atoms with E-state index in [-0.39, 0.29) is 11.3 Å². The van der Waals surface area contributed by atoms with Crippen LogP contribution in [0.4, 0.5) is 17.6 Å². The Labute approximate surface area is 122 Å². The second-order valence-corrected chi connectivity index (χ2v) is 5.38. The summed E-state index contributed by atoms with van der Waals surface area (Å²) < 4.78 is 57.3. The maximum atomic E-state index is 13.4. The average molecular weight is 364 g/mol. The molecule has 0 heterocycles. The van der Waals surface area contributed by atoms with Crippen molar-refractivity contribution >= 4 is 27.5 Å². The molecule has 0 amide bonds. The fraction of sp³-hybridized carbons (Fsp3) is 0.500. The molecule has 0 radical (unpaired) electrons. The molecule has 0 saturated heterocycles. The molecule has 1 aromatic carbocycles. The van der Waals surface area contributed by atoms with Crippen LogP contribution in [0, 0.1) is 13.8 Å². The maximum Gasteiger partial charge on any atom is 0.327 e. The highest BCUT2D eigenvalue weighted by Crippen LogP contribution is 2.47. The maximum absolute atomic E-state index is 13.4. The van der Waals surface area contributed by atoms with Crippen molar-refractivity contribution in [3.63, 3.8) is 0 Å². The van der Waals surface area contributed by atoms with E-state index in [0.29, 0.717) is 15.6 Å². The van der Waals surface area contributed by atoms with E-state index in [4.69, 9.17) is 16.3 Å². The number of aryl methyl sites for hydroxylation is 1. The van der Waals surface area contributed by atoms with Crippen molar-refractivity contribution in [1.29, 1.82) is 0 Å². The predicted molar refractivity (Wildman–Crippen MR) is 69.7 cm³/mol. The van der Waals surface area contributed by atoms with Crippen LogP contribution in [0.5, 0.6) is 5.75 Å². The van der Waals surface area contributed by atoms with Crippen LogP contribution >= 0.6 is 27.5 Å². The third kappa shape index (κ3) is 2.99. The van der Waals surface area contributed by atoms with Gasteiger partial charge in [-0.15, -0.1) is 11.6 Å². The van der Waals surface area contributed by atoms with E-state index >= 15 is 0 Å². The van der Waals surface area contributed by atoms with Crippen molar-refractivity contribution in [2.45, 2.75) is 31.6 Å². The Bertz CT molecular complexity index is 479. The van der Waals surface area contributed by atoms with Gasteiger partial charge in [0.15, 0.2) is 0 Å². The molecule has 1 aromatic rings. The van der Waals surface area contributed by atoms with Crippen molar-refractivity contribution in [3.05, 3.63) is 27.2 Å². The van der Waals surface area contributed by atoms with Gasteiger partial charge in [0.25, 0.3) is 0 Å². The van der Waals surface area contributed by atoms with Crippen molar-refractivity contribution in [2.75, 3.05) is 7.11 Å².